The number of nitrogens with one attached hydrogen (secondary N) is 2. The molecular formula is C12H19FN2O. The first-order valence-corrected chi connectivity index (χ1v) is 5.53. The number of aliphatic hydroxyl groups is 1. The molecule has 0 amide bonds. The van der Waals surface area contributed by atoms with Gasteiger partial charge < -0.3 is 15.7 Å². The van der Waals surface area contributed by atoms with Crippen LogP contribution in [-0.2, 0) is 6.54 Å². The molecule has 0 aliphatic rings. The van der Waals surface area contributed by atoms with Gasteiger partial charge in [-0.15, -0.1) is 0 Å². The van der Waals surface area contributed by atoms with Gasteiger partial charge in [-0.1, -0.05) is 18.2 Å². The first kappa shape index (κ1) is 13.1. The summed E-state index contributed by atoms with van der Waals surface area (Å²) in [5.74, 6) is -0.174. The highest BCUT2D eigenvalue weighted by molar-refractivity contribution is 5.16. The zero-order valence-electron chi connectivity index (χ0n) is 9.54. The number of halogens is 1. The second kappa shape index (κ2) is 7.33. The lowest BCUT2D eigenvalue weighted by Crippen LogP contribution is -2.31. The average Bonchev–Trinajstić information content (AvgIpc) is 2.25. The molecule has 1 atom stereocenters. The van der Waals surface area contributed by atoms with Gasteiger partial charge >= 0.3 is 0 Å². The predicted octanol–water partition coefficient (Wildman–Crippen LogP) is 0.886. The van der Waals surface area contributed by atoms with Gasteiger partial charge in [-0.3, -0.25) is 0 Å². The Kier molecular flexibility index (Phi) is 6.00. The van der Waals surface area contributed by atoms with Gasteiger partial charge in [0.05, 0.1) is 6.10 Å². The van der Waals surface area contributed by atoms with E-state index in [1.165, 1.54) is 6.07 Å². The predicted molar refractivity (Wildman–Crippen MR) is 62.7 cm³/mol. The fourth-order valence-corrected chi connectivity index (χ4v) is 1.35. The summed E-state index contributed by atoms with van der Waals surface area (Å²) in [6.07, 6.45) is -0.327. The monoisotopic (exact) mass is 226 g/mol. The molecule has 90 valence electrons. The Bertz CT molecular complexity index is 305. The van der Waals surface area contributed by atoms with Crippen LogP contribution in [0.4, 0.5) is 4.39 Å². The number of hydrogen-bond acceptors (Lipinski definition) is 3. The summed E-state index contributed by atoms with van der Waals surface area (Å²) in [5, 5.41) is 15.2. The Morgan fingerprint density at radius 3 is 2.62 bits per heavy atom. The quantitative estimate of drug-likeness (QED) is 0.605. The van der Waals surface area contributed by atoms with E-state index in [9.17, 15) is 4.39 Å². The van der Waals surface area contributed by atoms with Crippen LogP contribution in [0.25, 0.3) is 0 Å². The smallest absolute Gasteiger partial charge is 0.127 e. The minimum absolute atomic E-state index is 0.174. The topological polar surface area (TPSA) is 44.3 Å². The van der Waals surface area contributed by atoms with Gasteiger partial charge in [-0.05, 0) is 13.0 Å². The average molecular weight is 226 g/mol. The minimum atomic E-state index is -0.327. The lowest BCUT2D eigenvalue weighted by Gasteiger charge is -2.08. The summed E-state index contributed by atoms with van der Waals surface area (Å²) < 4.78 is 13.2. The molecule has 1 rings (SSSR count). The maximum Gasteiger partial charge on any atom is 0.127 e. The molecule has 0 radical (unpaired) electrons. The molecule has 0 aliphatic carbocycles. The minimum Gasteiger partial charge on any atom is -0.392 e. The summed E-state index contributed by atoms with van der Waals surface area (Å²) in [4.78, 5) is 0. The molecule has 3 N–H and O–H groups in total. The van der Waals surface area contributed by atoms with Crippen LogP contribution in [0, 0.1) is 5.82 Å². The highest BCUT2D eigenvalue weighted by Gasteiger charge is 1.99. The molecule has 0 unspecified atom stereocenters. The summed E-state index contributed by atoms with van der Waals surface area (Å²) in [7, 11) is 0. The van der Waals surface area contributed by atoms with Gasteiger partial charge in [0.15, 0.2) is 0 Å². The van der Waals surface area contributed by atoms with Crippen molar-refractivity contribution in [3.05, 3.63) is 35.6 Å². The third-order valence-electron chi connectivity index (χ3n) is 2.19. The van der Waals surface area contributed by atoms with Gasteiger partial charge in [0.1, 0.15) is 5.82 Å². The lowest BCUT2D eigenvalue weighted by atomic mass is 10.2. The van der Waals surface area contributed by atoms with Crippen LogP contribution in [0.5, 0.6) is 0 Å². The molecule has 0 aliphatic heterocycles. The van der Waals surface area contributed by atoms with Crippen LogP contribution >= 0.6 is 0 Å². The molecule has 0 aromatic heterocycles. The zero-order valence-corrected chi connectivity index (χ0v) is 9.54. The third-order valence-corrected chi connectivity index (χ3v) is 2.19. The van der Waals surface area contributed by atoms with Crippen molar-refractivity contribution in [2.75, 3.05) is 19.6 Å². The summed E-state index contributed by atoms with van der Waals surface area (Å²) in [5.41, 5.74) is 0.679. The van der Waals surface area contributed by atoms with Crippen molar-refractivity contribution < 1.29 is 9.50 Å². The van der Waals surface area contributed by atoms with Crippen LogP contribution in [0.1, 0.15) is 12.5 Å². The summed E-state index contributed by atoms with van der Waals surface area (Å²) in [6.45, 7) is 4.37. The van der Waals surface area contributed by atoms with Gasteiger partial charge in [0.25, 0.3) is 0 Å². The molecule has 0 saturated heterocycles. The number of benzene rings is 1. The van der Waals surface area contributed by atoms with Crippen molar-refractivity contribution in [3.63, 3.8) is 0 Å². The molecule has 4 heteroatoms. The normalized spacial score (nSPS) is 12.7. The second-order valence-electron chi connectivity index (χ2n) is 3.82. The van der Waals surface area contributed by atoms with Crippen molar-refractivity contribution in [2.24, 2.45) is 0 Å². The molecule has 0 saturated carbocycles. The third kappa shape index (κ3) is 5.21. The van der Waals surface area contributed by atoms with Crippen LogP contribution in [-0.4, -0.2) is 30.8 Å². The SMILES string of the molecule is C[C@H](O)CNCCNCc1ccccc1F. The molecule has 16 heavy (non-hydrogen) atoms. The largest absolute Gasteiger partial charge is 0.392 e. The molecule has 0 bridgehead atoms. The van der Waals surface area contributed by atoms with Gasteiger partial charge in [0, 0.05) is 31.7 Å². The Morgan fingerprint density at radius 2 is 1.94 bits per heavy atom. The zero-order chi connectivity index (χ0) is 11.8. The molecule has 3 nitrogen and oxygen atoms in total. The van der Waals surface area contributed by atoms with Gasteiger partial charge in [0.2, 0.25) is 0 Å². The van der Waals surface area contributed by atoms with Crippen LogP contribution in [0.15, 0.2) is 24.3 Å². The summed E-state index contributed by atoms with van der Waals surface area (Å²) in [6, 6.07) is 6.74. The van der Waals surface area contributed by atoms with Crippen molar-refractivity contribution in [3.8, 4) is 0 Å². The van der Waals surface area contributed by atoms with E-state index in [4.69, 9.17) is 5.11 Å². The Labute approximate surface area is 95.7 Å². The van der Waals surface area contributed by atoms with E-state index in [1.807, 2.05) is 6.07 Å². The van der Waals surface area contributed by atoms with Crippen LogP contribution < -0.4 is 10.6 Å². The molecule has 1 aromatic rings. The highest BCUT2D eigenvalue weighted by Crippen LogP contribution is 2.04. The van der Waals surface area contributed by atoms with E-state index >= 15 is 0 Å². The molecule has 0 spiro atoms. The maximum absolute atomic E-state index is 13.2. The van der Waals surface area contributed by atoms with Crippen LogP contribution in [0.2, 0.25) is 0 Å². The summed E-state index contributed by atoms with van der Waals surface area (Å²) >= 11 is 0. The van der Waals surface area contributed by atoms with Gasteiger partial charge in [-0.25, -0.2) is 4.39 Å². The lowest BCUT2D eigenvalue weighted by molar-refractivity contribution is 0.191. The first-order valence-electron chi connectivity index (χ1n) is 5.53. The number of hydrogen-bond donors (Lipinski definition) is 3. The molecule has 1 aromatic carbocycles. The standard InChI is InChI=1S/C12H19FN2O/c1-10(16)8-14-6-7-15-9-11-4-2-3-5-12(11)13/h2-5,10,14-16H,6-9H2,1H3/t10-/m0/s1. The Balaban J connectivity index is 2.10. The van der Waals surface area contributed by atoms with Crippen molar-refractivity contribution in [1.82, 2.24) is 10.6 Å². The van der Waals surface area contributed by atoms with E-state index in [0.717, 1.165) is 13.1 Å². The first-order chi connectivity index (χ1) is 7.70. The number of aliphatic hydroxyl groups excluding tert-OH is 1. The van der Waals surface area contributed by atoms with E-state index < -0.39 is 0 Å². The van der Waals surface area contributed by atoms with E-state index in [-0.39, 0.29) is 11.9 Å². The molecule has 0 heterocycles. The fraction of sp³-hybridized carbons (Fsp3) is 0.500. The van der Waals surface area contributed by atoms with E-state index in [2.05, 4.69) is 10.6 Å². The van der Waals surface area contributed by atoms with Crippen molar-refractivity contribution in [2.45, 2.75) is 19.6 Å². The molecular weight excluding hydrogens is 207 g/mol. The Morgan fingerprint density at radius 1 is 1.25 bits per heavy atom. The fourth-order valence-electron chi connectivity index (χ4n) is 1.35. The number of rotatable bonds is 7. The second-order valence-corrected chi connectivity index (χ2v) is 3.82. The van der Waals surface area contributed by atoms with Crippen molar-refractivity contribution >= 4 is 0 Å². The van der Waals surface area contributed by atoms with E-state index in [1.54, 1.807) is 19.1 Å². The van der Waals surface area contributed by atoms with Gasteiger partial charge in [-0.2, -0.15) is 0 Å². The van der Waals surface area contributed by atoms with Crippen LogP contribution in [0.3, 0.4) is 0 Å². The maximum atomic E-state index is 13.2. The molecule has 0 fully saturated rings. The van der Waals surface area contributed by atoms with E-state index in [0.29, 0.717) is 18.7 Å². The highest BCUT2D eigenvalue weighted by atomic mass is 19.1. The van der Waals surface area contributed by atoms with Crippen molar-refractivity contribution in [1.29, 1.82) is 0 Å². The Hall–Kier alpha value is -0.970.